The van der Waals surface area contributed by atoms with Gasteiger partial charge in [0, 0.05) is 11.2 Å². The predicted molar refractivity (Wildman–Crippen MR) is 145 cm³/mol. The first-order chi connectivity index (χ1) is 17.2. The lowest BCUT2D eigenvalue weighted by molar-refractivity contribution is -0.148. The molecule has 202 valence electrons. The molecule has 2 unspecified atom stereocenters. The van der Waals surface area contributed by atoms with Crippen LogP contribution in [0.5, 0.6) is 0 Å². The summed E-state index contributed by atoms with van der Waals surface area (Å²) >= 11 is 0. The largest absolute Gasteiger partial charge is 0.444 e. The highest BCUT2D eigenvalue weighted by Gasteiger charge is 2.43. The van der Waals surface area contributed by atoms with Crippen molar-refractivity contribution in [2.24, 2.45) is 0 Å². The van der Waals surface area contributed by atoms with Gasteiger partial charge in [-0.25, -0.2) is 4.79 Å². The topological polar surface area (TPSA) is 108 Å². The van der Waals surface area contributed by atoms with Gasteiger partial charge in [-0.2, -0.15) is 0 Å². The van der Waals surface area contributed by atoms with Gasteiger partial charge in [-0.1, -0.05) is 55.5 Å². The van der Waals surface area contributed by atoms with Crippen LogP contribution in [0.15, 0.2) is 48.5 Å². The number of nitrogens with one attached hydrogen (secondary N) is 2. The summed E-state index contributed by atoms with van der Waals surface area (Å²) in [5.74, 6) is -0.988. The summed E-state index contributed by atoms with van der Waals surface area (Å²) < 4.78 is 5.30. The molecule has 0 saturated heterocycles. The zero-order chi connectivity index (χ0) is 28.0. The Kier molecular flexibility index (Phi) is 9.87. The maximum absolute atomic E-state index is 14.0. The summed E-state index contributed by atoms with van der Waals surface area (Å²) in [6.45, 7) is 13.9. The smallest absolute Gasteiger partial charge is 0.408 e. The molecule has 0 aliphatic heterocycles. The van der Waals surface area contributed by atoms with Gasteiger partial charge in [0.15, 0.2) is 0 Å². The lowest BCUT2D eigenvalue weighted by Gasteiger charge is -2.44. The van der Waals surface area contributed by atoms with E-state index in [1.165, 1.54) is 4.90 Å². The Morgan fingerprint density at radius 2 is 1.51 bits per heavy atom. The summed E-state index contributed by atoms with van der Waals surface area (Å²) in [5, 5.41) is 15.6. The van der Waals surface area contributed by atoms with Gasteiger partial charge in [0.1, 0.15) is 17.7 Å². The number of benzene rings is 2. The van der Waals surface area contributed by atoms with Gasteiger partial charge in [0.2, 0.25) is 5.91 Å². The molecule has 2 atom stereocenters. The third-order valence-electron chi connectivity index (χ3n) is 6.28. The second-order valence-corrected chi connectivity index (χ2v) is 10.8. The molecule has 3 amide bonds. The van der Waals surface area contributed by atoms with E-state index in [-0.39, 0.29) is 0 Å². The minimum Gasteiger partial charge on any atom is -0.444 e. The molecule has 0 aliphatic rings. The number of aliphatic hydroxyl groups excluding tert-OH is 1. The van der Waals surface area contributed by atoms with Crippen LogP contribution in [0, 0.1) is 13.8 Å². The van der Waals surface area contributed by atoms with Crippen molar-refractivity contribution in [1.82, 2.24) is 10.2 Å². The predicted octanol–water partition coefficient (Wildman–Crippen LogP) is 4.89. The Labute approximate surface area is 220 Å². The minimum atomic E-state index is -1.31. The van der Waals surface area contributed by atoms with Gasteiger partial charge in [0.05, 0.1) is 6.61 Å². The summed E-state index contributed by atoms with van der Waals surface area (Å²) in [6, 6.07) is 12.4. The quantitative estimate of drug-likeness (QED) is 0.444. The van der Waals surface area contributed by atoms with E-state index in [1.807, 2.05) is 58.9 Å². The first-order valence-electron chi connectivity index (χ1n) is 12.6. The molecule has 0 bridgehead atoms. The fourth-order valence-electron chi connectivity index (χ4n) is 4.00. The molecule has 2 rings (SSSR count). The van der Waals surface area contributed by atoms with Crippen molar-refractivity contribution in [2.75, 3.05) is 11.9 Å². The van der Waals surface area contributed by atoms with E-state index in [9.17, 15) is 19.5 Å². The highest BCUT2D eigenvalue weighted by molar-refractivity contribution is 6.00. The van der Waals surface area contributed by atoms with E-state index >= 15 is 0 Å². The van der Waals surface area contributed by atoms with Crippen LogP contribution in [0.4, 0.5) is 10.5 Å². The number of para-hydroxylation sites is 1. The Hall–Kier alpha value is -3.39. The SMILES string of the molecule is CCC(C)(C)N(C(=O)C(CO)NC(=O)OC(C)(C)C)C(C(=O)Nc1c(C)cccc1C)c1ccccc1. The highest BCUT2D eigenvalue weighted by Crippen LogP contribution is 2.33. The average molecular weight is 512 g/mol. The lowest BCUT2D eigenvalue weighted by Crippen LogP contribution is -2.59. The van der Waals surface area contributed by atoms with Crippen molar-refractivity contribution < 1.29 is 24.2 Å². The zero-order valence-electron chi connectivity index (χ0n) is 23.2. The number of hydrogen-bond donors (Lipinski definition) is 3. The van der Waals surface area contributed by atoms with E-state index in [4.69, 9.17) is 4.74 Å². The molecule has 37 heavy (non-hydrogen) atoms. The Balaban J connectivity index is 2.57. The Morgan fingerprint density at radius 3 is 2.00 bits per heavy atom. The molecule has 0 aromatic heterocycles. The summed E-state index contributed by atoms with van der Waals surface area (Å²) in [7, 11) is 0. The monoisotopic (exact) mass is 511 g/mol. The molecular formula is C29H41N3O5. The average Bonchev–Trinajstić information content (AvgIpc) is 2.82. The molecule has 0 saturated carbocycles. The van der Waals surface area contributed by atoms with Gasteiger partial charge in [-0.15, -0.1) is 0 Å². The summed E-state index contributed by atoms with van der Waals surface area (Å²) in [4.78, 5) is 41.9. The Morgan fingerprint density at radius 1 is 0.946 bits per heavy atom. The highest BCUT2D eigenvalue weighted by atomic mass is 16.6. The summed E-state index contributed by atoms with van der Waals surface area (Å²) in [6.07, 6.45) is -0.311. The number of alkyl carbamates (subject to hydrolysis) is 1. The van der Waals surface area contributed by atoms with E-state index in [1.54, 1.807) is 45.0 Å². The molecule has 8 nitrogen and oxygen atoms in total. The van der Waals surface area contributed by atoms with E-state index in [0.29, 0.717) is 17.7 Å². The molecule has 0 radical (unpaired) electrons. The van der Waals surface area contributed by atoms with Crippen molar-refractivity contribution in [1.29, 1.82) is 0 Å². The maximum atomic E-state index is 14.0. The normalized spacial score (nSPS) is 13.3. The van der Waals surface area contributed by atoms with E-state index in [2.05, 4.69) is 10.6 Å². The van der Waals surface area contributed by atoms with Crippen LogP contribution >= 0.6 is 0 Å². The van der Waals surface area contributed by atoms with Gasteiger partial charge >= 0.3 is 6.09 Å². The van der Waals surface area contributed by atoms with Crippen LogP contribution in [0.1, 0.15) is 70.7 Å². The third kappa shape index (κ3) is 7.79. The van der Waals surface area contributed by atoms with Crippen LogP contribution in [-0.2, 0) is 14.3 Å². The minimum absolute atomic E-state index is 0.396. The molecule has 0 fully saturated rings. The van der Waals surface area contributed by atoms with E-state index in [0.717, 1.165) is 11.1 Å². The maximum Gasteiger partial charge on any atom is 0.408 e. The first kappa shape index (κ1) is 29.8. The number of carbonyl (C=O) groups excluding carboxylic acids is 3. The molecular weight excluding hydrogens is 470 g/mol. The standard InChI is InChI=1S/C29H41N3O5/c1-9-29(7,8)32(26(35)22(18-33)30-27(36)37-28(4,5)6)24(21-16-11-10-12-17-21)25(34)31-23-19(2)14-13-15-20(23)3/h10-17,22,24,33H,9,18H2,1-8H3,(H,30,36)(H,31,34). The molecule has 2 aromatic carbocycles. The zero-order valence-corrected chi connectivity index (χ0v) is 23.2. The van der Waals surface area contributed by atoms with Gasteiger partial charge in [-0.05, 0) is 71.6 Å². The van der Waals surface area contributed by atoms with Gasteiger partial charge in [0.25, 0.3) is 5.91 Å². The molecule has 0 aliphatic carbocycles. The first-order valence-corrected chi connectivity index (χ1v) is 12.6. The van der Waals surface area contributed by atoms with Crippen molar-refractivity contribution in [3.63, 3.8) is 0 Å². The van der Waals surface area contributed by atoms with Crippen molar-refractivity contribution in [3.05, 3.63) is 65.2 Å². The van der Waals surface area contributed by atoms with E-state index < -0.39 is 47.7 Å². The molecule has 3 N–H and O–H groups in total. The van der Waals surface area contributed by atoms with Gasteiger partial charge < -0.3 is 25.4 Å². The number of hydrogen-bond acceptors (Lipinski definition) is 5. The second kappa shape index (κ2) is 12.2. The van der Waals surface area contributed by atoms with Crippen molar-refractivity contribution in [3.8, 4) is 0 Å². The second-order valence-electron chi connectivity index (χ2n) is 10.8. The molecule has 2 aromatic rings. The number of aryl methyl sites for hydroxylation is 2. The molecule has 0 spiro atoms. The summed E-state index contributed by atoms with van der Waals surface area (Å²) in [5.41, 5.74) is 1.49. The lowest BCUT2D eigenvalue weighted by atomic mass is 9.92. The Bertz CT molecular complexity index is 1070. The number of carbonyl (C=O) groups is 3. The fourth-order valence-corrected chi connectivity index (χ4v) is 4.00. The fraction of sp³-hybridized carbons (Fsp3) is 0.483. The molecule has 8 heteroatoms. The number of aliphatic hydroxyl groups is 1. The van der Waals surface area contributed by atoms with Crippen LogP contribution in [0.25, 0.3) is 0 Å². The van der Waals surface area contributed by atoms with Crippen molar-refractivity contribution in [2.45, 2.75) is 85.0 Å². The van der Waals surface area contributed by atoms with Gasteiger partial charge in [-0.3, -0.25) is 9.59 Å². The van der Waals surface area contributed by atoms with Crippen LogP contribution in [0.3, 0.4) is 0 Å². The van der Waals surface area contributed by atoms with Crippen LogP contribution < -0.4 is 10.6 Å². The number of nitrogens with zero attached hydrogens (tertiary/aromatic N) is 1. The molecule has 0 heterocycles. The number of ether oxygens (including phenoxy) is 1. The third-order valence-corrected chi connectivity index (χ3v) is 6.28. The number of amides is 3. The number of rotatable bonds is 9. The van der Waals surface area contributed by atoms with Crippen LogP contribution in [0.2, 0.25) is 0 Å². The van der Waals surface area contributed by atoms with Crippen LogP contribution in [-0.4, -0.2) is 51.7 Å². The van der Waals surface area contributed by atoms with Crippen molar-refractivity contribution >= 4 is 23.6 Å². The number of anilines is 1.